The van der Waals surface area contributed by atoms with E-state index in [1.165, 1.54) is 5.56 Å². The molecule has 0 radical (unpaired) electrons. The number of aryl methyl sites for hydroxylation is 2. The smallest absolute Gasteiger partial charge is 0.0971 e. The molecule has 8 nitrogen and oxygen atoms in total. The van der Waals surface area contributed by atoms with E-state index in [0.717, 1.165) is 36.7 Å². The molecule has 2 aromatic heterocycles. The summed E-state index contributed by atoms with van der Waals surface area (Å²) in [5, 5.41) is 17.0. The summed E-state index contributed by atoms with van der Waals surface area (Å²) >= 11 is 0. The Morgan fingerprint density at radius 2 is 1.96 bits per heavy atom. The third-order valence-corrected chi connectivity index (χ3v) is 4.93. The Labute approximate surface area is 152 Å². The molecular weight excluding hydrogens is 330 g/mol. The predicted octanol–water partition coefficient (Wildman–Crippen LogP) is 1.32. The Bertz CT molecular complexity index is 887. The maximum absolute atomic E-state index is 5.69. The first-order valence-electron chi connectivity index (χ1n) is 8.72. The van der Waals surface area contributed by atoms with Gasteiger partial charge in [0.15, 0.2) is 0 Å². The van der Waals surface area contributed by atoms with Crippen molar-refractivity contribution in [1.29, 1.82) is 0 Å². The lowest BCUT2D eigenvalue weighted by Crippen LogP contribution is -2.22. The van der Waals surface area contributed by atoms with Gasteiger partial charge in [-0.2, -0.15) is 0 Å². The largest absolute Gasteiger partial charge is 0.379 e. The van der Waals surface area contributed by atoms with E-state index in [9.17, 15) is 0 Å². The SMILES string of the molecule is CO[C@@H]1CN(Cc2cn(-c3ccccc3C)nn2)C[C@H]1c1cn(C)nn1. The first kappa shape index (κ1) is 16.9. The topological polar surface area (TPSA) is 73.9 Å². The van der Waals surface area contributed by atoms with Gasteiger partial charge in [0.05, 0.1) is 29.4 Å². The number of para-hydroxylation sites is 1. The Kier molecular flexibility index (Phi) is 4.52. The zero-order valence-electron chi connectivity index (χ0n) is 15.3. The van der Waals surface area contributed by atoms with Crippen molar-refractivity contribution < 1.29 is 4.74 Å². The predicted molar refractivity (Wildman–Crippen MR) is 95.9 cm³/mol. The Hall–Kier alpha value is -2.58. The number of hydrogen-bond donors (Lipinski definition) is 0. The minimum absolute atomic E-state index is 0.109. The zero-order valence-corrected chi connectivity index (χ0v) is 15.3. The van der Waals surface area contributed by atoms with Crippen LogP contribution >= 0.6 is 0 Å². The fraction of sp³-hybridized carbons (Fsp3) is 0.444. The van der Waals surface area contributed by atoms with Crippen molar-refractivity contribution in [2.45, 2.75) is 25.5 Å². The molecule has 3 aromatic rings. The van der Waals surface area contributed by atoms with Crippen LogP contribution in [0.1, 0.15) is 22.9 Å². The summed E-state index contributed by atoms with van der Waals surface area (Å²) in [7, 11) is 3.64. The van der Waals surface area contributed by atoms with Gasteiger partial charge in [0.1, 0.15) is 0 Å². The number of methoxy groups -OCH3 is 1. The van der Waals surface area contributed by atoms with Gasteiger partial charge in [-0.05, 0) is 18.6 Å². The molecule has 26 heavy (non-hydrogen) atoms. The van der Waals surface area contributed by atoms with Crippen molar-refractivity contribution in [3.8, 4) is 5.69 Å². The van der Waals surface area contributed by atoms with E-state index < -0.39 is 0 Å². The lowest BCUT2D eigenvalue weighted by atomic mass is 10.0. The van der Waals surface area contributed by atoms with E-state index in [4.69, 9.17) is 4.74 Å². The maximum atomic E-state index is 5.69. The molecule has 3 heterocycles. The summed E-state index contributed by atoms with van der Waals surface area (Å²) < 4.78 is 9.26. The molecule has 0 amide bonds. The molecule has 0 aliphatic carbocycles. The average molecular weight is 353 g/mol. The standard InChI is InChI=1S/C18H23N7O/c1-13-6-4-5-7-17(13)25-9-14(19-22-25)8-24-10-15(18(12-24)26-3)16-11-23(2)21-20-16/h4-7,9,11,15,18H,8,10,12H2,1-3H3/t15-,18+/m0/s1. The van der Waals surface area contributed by atoms with Gasteiger partial charge in [-0.1, -0.05) is 28.6 Å². The second-order valence-corrected chi connectivity index (χ2v) is 6.83. The number of benzene rings is 1. The number of aromatic nitrogens is 6. The molecular formula is C18H23N7O. The van der Waals surface area contributed by atoms with Gasteiger partial charge in [0.2, 0.25) is 0 Å². The van der Waals surface area contributed by atoms with Gasteiger partial charge >= 0.3 is 0 Å². The molecule has 1 fully saturated rings. The van der Waals surface area contributed by atoms with Crippen LogP contribution < -0.4 is 0 Å². The Morgan fingerprint density at radius 1 is 1.12 bits per heavy atom. The van der Waals surface area contributed by atoms with Crippen LogP contribution in [0.25, 0.3) is 5.69 Å². The van der Waals surface area contributed by atoms with E-state index in [-0.39, 0.29) is 12.0 Å². The van der Waals surface area contributed by atoms with Crippen LogP contribution in [0.2, 0.25) is 0 Å². The molecule has 1 aliphatic heterocycles. The van der Waals surface area contributed by atoms with E-state index >= 15 is 0 Å². The average Bonchev–Trinajstić information content (AvgIpc) is 3.35. The summed E-state index contributed by atoms with van der Waals surface area (Å²) in [5.74, 6) is 0.222. The second-order valence-electron chi connectivity index (χ2n) is 6.83. The fourth-order valence-corrected chi connectivity index (χ4v) is 3.58. The number of rotatable bonds is 5. The van der Waals surface area contributed by atoms with E-state index in [1.807, 2.05) is 36.3 Å². The lowest BCUT2D eigenvalue weighted by Gasteiger charge is -2.13. The minimum Gasteiger partial charge on any atom is -0.379 e. The summed E-state index contributed by atoms with van der Waals surface area (Å²) in [5.41, 5.74) is 4.15. The fourth-order valence-electron chi connectivity index (χ4n) is 3.58. The van der Waals surface area contributed by atoms with Crippen LogP contribution in [0.3, 0.4) is 0 Å². The first-order chi connectivity index (χ1) is 12.6. The van der Waals surface area contributed by atoms with Crippen molar-refractivity contribution in [3.05, 3.63) is 53.6 Å². The third kappa shape index (κ3) is 3.25. The summed E-state index contributed by atoms with van der Waals surface area (Å²) in [6.45, 7) is 4.53. The van der Waals surface area contributed by atoms with Gasteiger partial charge < -0.3 is 4.74 Å². The van der Waals surface area contributed by atoms with Gasteiger partial charge in [0, 0.05) is 45.9 Å². The van der Waals surface area contributed by atoms with Gasteiger partial charge in [-0.3, -0.25) is 9.58 Å². The number of likely N-dealkylation sites (tertiary alicyclic amines) is 1. The molecule has 0 N–H and O–H groups in total. The Morgan fingerprint density at radius 3 is 2.69 bits per heavy atom. The van der Waals surface area contributed by atoms with Crippen LogP contribution in [0.4, 0.5) is 0 Å². The molecule has 4 rings (SSSR count). The van der Waals surface area contributed by atoms with Crippen LogP contribution in [-0.4, -0.2) is 61.2 Å². The number of ether oxygens (including phenoxy) is 1. The molecule has 0 saturated carbocycles. The zero-order chi connectivity index (χ0) is 18.1. The van der Waals surface area contributed by atoms with Crippen molar-refractivity contribution in [2.24, 2.45) is 7.05 Å². The van der Waals surface area contributed by atoms with Crippen LogP contribution in [0.5, 0.6) is 0 Å². The van der Waals surface area contributed by atoms with Crippen LogP contribution in [0, 0.1) is 6.92 Å². The van der Waals surface area contributed by atoms with E-state index in [2.05, 4.69) is 44.6 Å². The highest BCUT2D eigenvalue weighted by atomic mass is 16.5. The third-order valence-electron chi connectivity index (χ3n) is 4.93. The van der Waals surface area contributed by atoms with Crippen molar-refractivity contribution in [2.75, 3.05) is 20.2 Å². The molecule has 136 valence electrons. The monoisotopic (exact) mass is 353 g/mol. The van der Waals surface area contributed by atoms with Gasteiger partial charge in [-0.15, -0.1) is 10.2 Å². The van der Waals surface area contributed by atoms with Crippen molar-refractivity contribution in [3.63, 3.8) is 0 Å². The van der Waals surface area contributed by atoms with Gasteiger partial charge in [0.25, 0.3) is 0 Å². The van der Waals surface area contributed by atoms with Crippen molar-refractivity contribution >= 4 is 0 Å². The molecule has 0 bridgehead atoms. The number of nitrogens with zero attached hydrogens (tertiary/aromatic N) is 7. The van der Waals surface area contributed by atoms with Crippen LogP contribution in [0.15, 0.2) is 36.7 Å². The highest BCUT2D eigenvalue weighted by Crippen LogP contribution is 2.29. The lowest BCUT2D eigenvalue weighted by molar-refractivity contribution is 0.0956. The molecule has 1 saturated heterocycles. The Balaban J connectivity index is 1.47. The highest BCUT2D eigenvalue weighted by Gasteiger charge is 2.36. The maximum Gasteiger partial charge on any atom is 0.0971 e. The summed E-state index contributed by atoms with van der Waals surface area (Å²) in [6, 6.07) is 8.16. The van der Waals surface area contributed by atoms with E-state index in [0.29, 0.717) is 0 Å². The second kappa shape index (κ2) is 6.97. The molecule has 1 aliphatic rings. The first-order valence-corrected chi connectivity index (χ1v) is 8.72. The summed E-state index contributed by atoms with van der Waals surface area (Å²) in [4.78, 5) is 2.33. The molecule has 2 atom stereocenters. The molecule has 0 spiro atoms. The quantitative estimate of drug-likeness (QED) is 0.689. The van der Waals surface area contributed by atoms with E-state index in [1.54, 1.807) is 11.8 Å². The van der Waals surface area contributed by atoms with Crippen LogP contribution in [-0.2, 0) is 18.3 Å². The molecule has 8 heteroatoms. The highest BCUT2D eigenvalue weighted by molar-refractivity contribution is 5.38. The molecule has 0 unspecified atom stereocenters. The summed E-state index contributed by atoms with van der Waals surface area (Å²) in [6.07, 6.45) is 4.08. The minimum atomic E-state index is 0.109. The van der Waals surface area contributed by atoms with Crippen molar-refractivity contribution in [1.82, 2.24) is 34.9 Å². The van der Waals surface area contributed by atoms with Gasteiger partial charge in [-0.25, -0.2) is 4.68 Å². The molecule has 1 aromatic carbocycles. The normalized spacial score (nSPS) is 20.7. The number of hydrogen-bond acceptors (Lipinski definition) is 6.